The third-order valence-corrected chi connectivity index (χ3v) is 4.98. The van der Waals surface area contributed by atoms with E-state index in [0.29, 0.717) is 11.6 Å². The van der Waals surface area contributed by atoms with Gasteiger partial charge in [0, 0.05) is 18.5 Å². The van der Waals surface area contributed by atoms with E-state index in [4.69, 9.17) is 4.42 Å². The van der Waals surface area contributed by atoms with Crippen molar-refractivity contribution >= 4 is 5.91 Å². The van der Waals surface area contributed by atoms with Crippen LogP contribution < -0.4 is 5.32 Å². The lowest BCUT2D eigenvalue weighted by Gasteiger charge is -2.13. The molecule has 0 bridgehead atoms. The highest BCUT2D eigenvalue weighted by Gasteiger charge is 2.20. The number of tetrazole rings is 1. The summed E-state index contributed by atoms with van der Waals surface area (Å²) < 4.78 is 7.43. The van der Waals surface area contributed by atoms with Crippen LogP contribution in [0, 0.1) is 0 Å². The number of para-hydroxylation sites is 1. The van der Waals surface area contributed by atoms with Crippen LogP contribution in [0.3, 0.4) is 0 Å². The number of furan rings is 1. The van der Waals surface area contributed by atoms with E-state index >= 15 is 0 Å². The zero-order chi connectivity index (χ0) is 19.3. The average molecular weight is 380 g/mol. The maximum atomic E-state index is 12.6. The Balaban J connectivity index is 1.43. The monoisotopic (exact) mass is 380 g/mol. The van der Waals surface area contributed by atoms with Crippen molar-refractivity contribution in [3.8, 4) is 5.69 Å². The molecule has 0 unspecified atom stereocenters. The molecule has 1 fully saturated rings. The molecule has 0 atom stereocenters. The van der Waals surface area contributed by atoms with Crippen LogP contribution in [-0.4, -0.2) is 44.1 Å². The van der Waals surface area contributed by atoms with Crippen molar-refractivity contribution in [2.45, 2.75) is 39.3 Å². The number of amides is 1. The minimum atomic E-state index is -0.259. The zero-order valence-electron chi connectivity index (χ0n) is 16.0. The number of nitrogens with zero attached hydrogens (tertiary/aromatic N) is 5. The summed E-state index contributed by atoms with van der Waals surface area (Å²) in [6.45, 7) is 5.31. The fourth-order valence-electron chi connectivity index (χ4n) is 3.53. The summed E-state index contributed by atoms with van der Waals surface area (Å²) in [5.74, 6) is 1.51. The molecule has 0 saturated carbocycles. The van der Waals surface area contributed by atoms with Gasteiger partial charge in [-0.25, -0.2) is 0 Å². The lowest BCUT2D eigenvalue weighted by Crippen LogP contribution is -2.24. The van der Waals surface area contributed by atoms with Gasteiger partial charge in [-0.3, -0.25) is 9.69 Å². The Morgan fingerprint density at radius 1 is 1.21 bits per heavy atom. The normalized spacial score (nSPS) is 14.5. The first kappa shape index (κ1) is 18.4. The number of aromatic nitrogens is 4. The lowest BCUT2D eigenvalue weighted by atomic mass is 10.2. The van der Waals surface area contributed by atoms with Crippen LogP contribution >= 0.6 is 0 Å². The van der Waals surface area contributed by atoms with E-state index in [1.54, 1.807) is 4.68 Å². The summed E-state index contributed by atoms with van der Waals surface area (Å²) in [6, 6.07) is 11.4. The number of hydrogen-bond donors (Lipinski definition) is 1. The molecular formula is C20H24N6O2. The van der Waals surface area contributed by atoms with Crippen molar-refractivity contribution in [2.75, 3.05) is 13.1 Å². The molecule has 28 heavy (non-hydrogen) atoms. The van der Waals surface area contributed by atoms with E-state index < -0.39 is 0 Å². The third kappa shape index (κ3) is 3.96. The Hall–Kier alpha value is -3.00. The minimum Gasteiger partial charge on any atom is -0.456 e. The van der Waals surface area contributed by atoms with Crippen LogP contribution in [0.2, 0.25) is 0 Å². The maximum Gasteiger partial charge on any atom is 0.287 e. The minimum absolute atomic E-state index is 0.213. The number of hydrogen-bond acceptors (Lipinski definition) is 6. The number of aryl methyl sites for hydroxylation is 1. The summed E-state index contributed by atoms with van der Waals surface area (Å²) in [6.07, 6.45) is 3.24. The van der Waals surface area contributed by atoms with E-state index in [1.165, 1.54) is 12.8 Å². The molecule has 0 aliphatic carbocycles. The maximum absolute atomic E-state index is 12.6. The van der Waals surface area contributed by atoms with Gasteiger partial charge in [-0.15, -0.1) is 5.10 Å². The van der Waals surface area contributed by atoms with Crippen molar-refractivity contribution < 1.29 is 9.21 Å². The van der Waals surface area contributed by atoms with Gasteiger partial charge in [0.25, 0.3) is 5.91 Å². The van der Waals surface area contributed by atoms with Crippen molar-refractivity contribution in [3.05, 3.63) is 59.3 Å². The molecule has 0 radical (unpaired) electrons. The first-order chi connectivity index (χ1) is 13.7. The van der Waals surface area contributed by atoms with E-state index in [0.717, 1.165) is 43.1 Å². The summed E-state index contributed by atoms with van der Waals surface area (Å²) >= 11 is 0. The van der Waals surface area contributed by atoms with Crippen LogP contribution in [0.15, 0.2) is 40.8 Å². The van der Waals surface area contributed by atoms with Crippen molar-refractivity contribution in [2.24, 2.45) is 0 Å². The largest absolute Gasteiger partial charge is 0.456 e. The second-order valence-corrected chi connectivity index (χ2v) is 6.92. The van der Waals surface area contributed by atoms with Crippen LogP contribution in [0.25, 0.3) is 5.69 Å². The zero-order valence-corrected chi connectivity index (χ0v) is 16.0. The van der Waals surface area contributed by atoms with Gasteiger partial charge in [0.05, 0.1) is 12.2 Å². The molecule has 1 aromatic carbocycles. The quantitative estimate of drug-likeness (QED) is 0.677. The van der Waals surface area contributed by atoms with Crippen LogP contribution in [0.5, 0.6) is 0 Å². The summed E-state index contributed by atoms with van der Waals surface area (Å²) in [5.41, 5.74) is 1.94. The topological polar surface area (TPSA) is 89.1 Å². The Morgan fingerprint density at radius 2 is 2.00 bits per heavy atom. The number of likely N-dealkylation sites (tertiary alicyclic amines) is 1. The van der Waals surface area contributed by atoms with Crippen LogP contribution in [-0.2, 0) is 19.5 Å². The third-order valence-electron chi connectivity index (χ3n) is 4.98. The smallest absolute Gasteiger partial charge is 0.287 e. The van der Waals surface area contributed by atoms with Gasteiger partial charge in [-0.2, -0.15) is 4.68 Å². The second-order valence-electron chi connectivity index (χ2n) is 6.92. The molecule has 4 rings (SSSR count). The van der Waals surface area contributed by atoms with Crippen LogP contribution in [0.4, 0.5) is 0 Å². The van der Waals surface area contributed by atoms with E-state index in [-0.39, 0.29) is 12.5 Å². The number of carbonyl (C=O) groups is 1. The van der Waals surface area contributed by atoms with Crippen molar-refractivity contribution in [1.29, 1.82) is 0 Å². The summed E-state index contributed by atoms with van der Waals surface area (Å²) in [4.78, 5) is 15.0. The van der Waals surface area contributed by atoms with Gasteiger partial charge in [0.15, 0.2) is 11.6 Å². The van der Waals surface area contributed by atoms with Gasteiger partial charge < -0.3 is 9.73 Å². The summed E-state index contributed by atoms with van der Waals surface area (Å²) in [7, 11) is 0. The van der Waals surface area contributed by atoms with Gasteiger partial charge in [-0.05, 0) is 54.6 Å². The highest BCUT2D eigenvalue weighted by molar-refractivity contribution is 5.91. The molecule has 1 amide bonds. The van der Waals surface area contributed by atoms with Gasteiger partial charge in [-0.1, -0.05) is 25.1 Å². The molecule has 3 heterocycles. The second kappa shape index (κ2) is 8.35. The SMILES string of the molecule is CCc1oc(C(=O)NCc2nnnn2-c2ccccc2)cc1CN1CCCC1. The first-order valence-electron chi connectivity index (χ1n) is 9.69. The predicted molar refractivity (Wildman–Crippen MR) is 103 cm³/mol. The molecule has 3 aromatic rings. The molecule has 146 valence electrons. The molecule has 1 N–H and O–H groups in total. The summed E-state index contributed by atoms with van der Waals surface area (Å²) in [5, 5.41) is 14.6. The van der Waals surface area contributed by atoms with Gasteiger partial charge in [0.1, 0.15) is 5.76 Å². The van der Waals surface area contributed by atoms with E-state index in [1.807, 2.05) is 43.3 Å². The first-order valence-corrected chi connectivity index (χ1v) is 9.69. The average Bonchev–Trinajstić information content (AvgIpc) is 3.48. The van der Waals surface area contributed by atoms with Crippen molar-refractivity contribution in [3.63, 3.8) is 0 Å². The van der Waals surface area contributed by atoms with E-state index in [2.05, 4.69) is 25.7 Å². The highest BCUT2D eigenvalue weighted by Crippen LogP contribution is 2.21. The molecule has 8 heteroatoms. The van der Waals surface area contributed by atoms with E-state index in [9.17, 15) is 4.79 Å². The number of nitrogens with one attached hydrogen (secondary N) is 1. The molecule has 0 spiro atoms. The number of rotatable bonds is 7. The number of benzene rings is 1. The molecule has 2 aromatic heterocycles. The predicted octanol–water partition coefficient (Wildman–Crippen LogP) is 2.34. The number of carbonyl (C=O) groups excluding carboxylic acids is 1. The molecule has 1 aliphatic rings. The molecule has 8 nitrogen and oxygen atoms in total. The highest BCUT2D eigenvalue weighted by atomic mass is 16.4. The van der Waals surface area contributed by atoms with Gasteiger partial charge >= 0.3 is 0 Å². The standard InChI is InChI=1S/C20H24N6O2/c1-2-17-15(14-25-10-6-7-11-25)12-18(28-17)20(27)21-13-19-22-23-24-26(19)16-8-4-3-5-9-16/h3-5,8-9,12H,2,6-7,10-11,13-14H2,1H3,(H,21,27). The van der Waals surface area contributed by atoms with Gasteiger partial charge in [0.2, 0.25) is 0 Å². The molecule has 1 aliphatic heterocycles. The Kier molecular flexibility index (Phi) is 5.48. The molecular weight excluding hydrogens is 356 g/mol. The van der Waals surface area contributed by atoms with Crippen LogP contribution in [0.1, 0.15) is 47.5 Å². The fraction of sp³-hybridized carbons (Fsp3) is 0.400. The fourth-order valence-corrected chi connectivity index (χ4v) is 3.53. The lowest BCUT2D eigenvalue weighted by molar-refractivity contribution is 0.0920. The molecule has 1 saturated heterocycles. The Morgan fingerprint density at radius 3 is 2.75 bits per heavy atom. The Labute approximate surface area is 163 Å². The Bertz CT molecular complexity index is 927. The van der Waals surface area contributed by atoms with Crippen molar-refractivity contribution in [1.82, 2.24) is 30.4 Å².